The molecule has 2 aromatic rings. The molecular weight excluding hydrogens is 266 g/mol. The summed E-state index contributed by atoms with van der Waals surface area (Å²) in [5.74, 6) is 1.47. The quantitative estimate of drug-likeness (QED) is 0.883. The molecule has 0 aliphatic heterocycles. The lowest BCUT2D eigenvalue weighted by Gasteiger charge is -2.17. The first-order valence-electron chi connectivity index (χ1n) is 7.10. The zero-order valence-electron chi connectivity index (χ0n) is 12.2. The summed E-state index contributed by atoms with van der Waals surface area (Å²) in [5.41, 5.74) is 1.98. The van der Waals surface area contributed by atoms with Crippen molar-refractivity contribution in [1.29, 1.82) is 0 Å². The third-order valence-electron chi connectivity index (χ3n) is 3.48. The van der Waals surface area contributed by atoms with Gasteiger partial charge in [-0.15, -0.1) is 0 Å². The van der Waals surface area contributed by atoms with Gasteiger partial charge in [0.15, 0.2) is 0 Å². The largest absolute Gasteiger partial charge is 0.490 e. The standard InChI is InChI=1S/C16H19N3O2/c1-17-16(14-9-15(20-2)19-10-18-14)11-4-3-5-13(8-11)21-12-6-7-12/h3-5,8-10,12,16-17H,6-7H2,1-2H3. The van der Waals surface area contributed by atoms with Crippen LogP contribution in [0.1, 0.15) is 30.1 Å². The Kier molecular flexibility index (Phi) is 4.01. The van der Waals surface area contributed by atoms with E-state index in [0.29, 0.717) is 12.0 Å². The van der Waals surface area contributed by atoms with Crippen molar-refractivity contribution in [3.63, 3.8) is 0 Å². The molecule has 1 aliphatic rings. The summed E-state index contributed by atoms with van der Waals surface area (Å²) in [6.07, 6.45) is 4.22. The zero-order valence-corrected chi connectivity index (χ0v) is 12.2. The van der Waals surface area contributed by atoms with Gasteiger partial charge in [-0.25, -0.2) is 9.97 Å². The summed E-state index contributed by atoms with van der Waals surface area (Å²) < 4.78 is 11.0. The van der Waals surface area contributed by atoms with Crippen molar-refractivity contribution in [2.24, 2.45) is 0 Å². The topological polar surface area (TPSA) is 56.3 Å². The van der Waals surface area contributed by atoms with Crippen LogP contribution in [-0.4, -0.2) is 30.2 Å². The number of nitrogens with zero attached hydrogens (tertiary/aromatic N) is 2. The van der Waals surface area contributed by atoms with Crippen molar-refractivity contribution in [2.45, 2.75) is 25.0 Å². The molecule has 1 aromatic carbocycles. The maximum absolute atomic E-state index is 5.86. The first-order chi connectivity index (χ1) is 10.3. The van der Waals surface area contributed by atoms with E-state index in [1.165, 1.54) is 6.33 Å². The van der Waals surface area contributed by atoms with Gasteiger partial charge >= 0.3 is 0 Å². The Bertz CT molecular complexity index is 614. The van der Waals surface area contributed by atoms with Gasteiger partial charge in [-0.3, -0.25) is 0 Å². The molecule has 0 amide bonds. The second kappa shape index (κ2) is 6.10. The highest BCUT2D eigenvalue weighted by Crippen LogP contribution is 2.29. The molecule has 110 valence electrons. The summed E-state index contributed by atoms with van der Waals surface area (Å²) in [5, 5.41) is 3.28. The van der Waals surface area contributed by atoms with Crippen molar-refractivity contribution in [1.82, 2.24) is 15.3 Å². The fraction of sp³-hybridized carbons (Fsp3) is 0.375. The molecule has 5 nitrogen and oxygen atoms in total. The van der Waals surface area contributed by atoms with E-state index >= 15 is 0 Å². The maximum Gasteiger partial charge on any atom is 0.216 e. The number of rotatable bonds is 6. The molecule has 0 spiro atoms. The monoisotopic (exact) mass is 285 g/mol. The van der Waals surface area contributed by atoms with Gasteiger partial charge in [-0.1, -0.05) is 12.1 Å². The van der Waals surface area contributed by atoms with Crippen LogP contribution in [0.3, 0.4) is 0 Å². The van der Waals surface area contributed by atoms with Gasteiger partial charge < -0.3 is 14.8 Å². The highest BCUT2D eigenvalue weighted by molar-refractivity contribution is 5.35. The normalized spacial score (nSPS) is 15.5. The number of methoxy groups -OCH3 is 1. The van der Waals surface area contributed by atoms with Crippen molar-refractivity contribution >= 4 is 0 Å². The number of aromatic nitrogens is 2. The number of benzene rings is 1. The molecule has 1 heterocycles. The molecule has 1 aromatic heterocycles. The summed E-state index contributed by atoms with van der Waals surface area (Å²) in [6.45, 7) is 0. The fourth-order valence-corrected chi connectivity index (χ4v) is 2.25. The van der Waals surface area contributed by atoms with Crippen LogP contribution >= 0.6 is 0 Å². The second-order valence-electron chi connectivity index (χ2n) is 5.10. The van der Waals surface area contributed by atoms with Crippen LogP contribution in [0.25, 0.3) is 0 Å². The molecule has 0 saturated heterocycles. The molecule has 1 unspecified atom stereocenters. The Balaban J connectivity index is 1.87. The molecule has 3 rings (SSSR count). The number of hydrogen-bond acceptors (Lipinski definition) is 5. The lowest BCUT2D eigenvalue weighted by Crippen LogP contribution is -2.19. The molecule has 1 saturated carbocycles. The van der Waals surface area contributed by atoms with Crippen LogP contribution < -0.4 is 14.8 Å². The third-order valence-corrected chi connectivity index (χ3v) is 3.48. The van der Waals surface area contributed by atoms with Crippen LogP contribution in [0.2, 0.25) is 0 Å². The van der Waals surface area contributed by atoms with Crippen molar-refractivity contribution in [2.75, 3.05) is 14.2 Å². The molecule has 0 radical (unpaired) electrons. The van der Waals surface area contributed by atoms with Gasteiger partial charge in [-0.05, 0) is 37.6 Å². The predicted molar refractivity (Wildman–Crippen MR) is 79.6 cm³/mol. The first-order valence-corrected chi connectivity index (χ1v) is 7.10. The van der Waals surface area contributed by atoms with Gasteiger partial charge in [0.25, 0.3) is 0 Å². The van der Waals surface area contributed by atoms with E-state index in [4.69, 9.17) is 9.47 Å². The van der Waals surface area contributed by atoms with Crippen LogP contribution in [0, 0.1) is 0 Å². The molecule has 1 aliphatic carbocycles. The van der Waals surface area contributed by atoms with Gasteiger partial charge in [-0.2, -0.15) is 0 Å². The zero-order chi connectivity index (χ0) is 14.7. The smallest absolute Gasteiger partial charge is 0.216 e. The highest BCUT2D eigenvalue weighted by atomic mass is 16.5. The summed E-state index contributed by atoms with van der Waals surface area (Å²) in [4.78, 5) is 8.39. The van der Waals surface area contributed by atoms with E-state index < -0.39 is 0 Å². The number of ether oxygens (including phenoxy) is 2. The first kappa shape index (κ1) is 13.8. The third kappa shape index (κ3) is 3.31. The van der Waals surface area contributed by atoms with Gasteiger partial charge in [0.1, 0.15) is 12.1 Å². The predicted octanol–water partition coefficient (Wildman–Crippen LogP) is 2.34. The van der Waals surface area contributed by atoms with E-state index in [1.807, 2.05) is 25.2 Å². The van der Waals surface area contributed by atoms with Crippen LogP contribution in [0.5, 0.6) is 11.6 Å². The fourth-order valence-electron chi connectivity index (χ4n) is 2.25. The lowest BCUT2D eigenvalue weighted by atomic mass is 10.0. The Labute approximate surface area is 124 Å². The average molecular weight is 285 g/mol. The Morgan fingerprint density at radius 1 is 1.24 bits per heavy atom. The van der Waals surface area contributed by atoms with Crippen molar-refractivity contribution in [3.05, 3.63) is 47.9 Å². The minimum atomic E-state index is -0.0235. The molecular formula is C16H19N3O2. The second-order valence-corrected chi connectivity index (χ2v) is 5.10. The number of hydrogen-bond donors (Lipinski definition) is 1. The molecule has 1 N–H and O–H groups in total. The highest BCUT2D eigenvalue weighted by Gasteiger charge is 2.24. The average Bonchev–Trinajstić information content (AvgIpc) is 3.33. The van der Waals surface area contributed by atoms with Gasteiger partial charge in [0.05, 0.1) is 24.9 Å². The minimum absolute atomic E-state index is 0.0235. The van der Waals surface area contributed by atoms with E-state index in [9.17, 15) is 0 Å². The Hall–Kier alpha value is -2.14. The summed E-state index contributed by atoms with van der Waals surface area (Å²) >= 11 is 0. The summed E-state index contributed by atoms with van der Waals surface area (Å²) in [6, 6.07) is 9.95. The van der Waals surface area contributed by atoms with E-state index in [1.54, 1.807) is 7.11 Å². The van der Waals surface area contributed by atoms with Gasteiger partial charge in [0, 0.05) is 6.07 Å². The Morgan fingerprint density at radius 2 is 2.10 bits per heavy atom. The summed E-state index contributed by atoms with van der Waals surface area (Å²) in [7, 11) is 3.51. The van der Waals surface area contributed by atoms with Gasteiger partial charge in [0.2, 0.25) is 5.88 Å². The van der Waals surface area contributed by atoms with E-state index in [-0.39, 0.29) is 6.04 Å². The molecule has 1 atom stereocenters. The number of nitrogens with one attached hydrogen (secondary N) is 1. The molecule has 21 heavy (non-hydrogen) atoms. The van der Waals surface area contributed by atoms with Crippen molar-refractivity contribution in [3.8, 4) is 11.6 Å². The van der Waals surface area contributed by atoms with Crippen LogP contribution in [0.15, 0.2) is 36.7 Å². The maximum atomic E-state index is 5.86. The van der Waals surface area contributed by atoms with Crippen LogP contribution in [-0.2, 0) is 0 Å². The van der Waals surface area contributed by atoms with Crippen LogP contribution in [0.4, 0.5) is 0 Å². The van der Waals surface area contributed by atoms with E-state index in [0.717, 1.165) is 29.8 Å². The molecule has 0 bridgehead atoms. The SMILES string of the molecule is CNC(c1cccc(OC2CC2)c1)c1cc(OC)ncn1. The molecule has 5 heteroatoms. The van der Waals surface area contributed by atoms with Crippen molar-refractivity contribution < 1.29 is 9.47 Å². The minimum Gasteiger partial charge on any atom is -0.490 e. The Morgan fingerprint density at radius 3 is 2.81 bits per heavy atom. The lowest BCUT2D eigenvalue weighted by molar-refractivity contribution is 0.302. The van der Waals surface area contributed by atoms with E-state index in [2.05, 4.69) is 27.4 Å². The molecule has 1 fully saturated rings.